The van der Waals surface area contributed by atoms with Gasteiger partial charge < -0.3 is 14.8 Å². The Morgan fingerprint density at radius 1 is 1.18 bits per heavy atom. The number of amides is 3. The molecule has 4 rings (SSSR count). The van der Waals surface area contributed by atoms with Gasteiger partial charge in [-0.2, -0.15) is 0 Å². The second-order valence-corrected chi connectivity index (χ2v) is 8.28. The third-order valence-corrected chi connectivity index (χ3v) is 5.61. The summed E-state index contributed by atoms with van der Waals surface area (Å²) in [5.41, 5.74) is -1.56. The summed E-state index contributed by atoms with van der Waals surface area (Å²) >= 11 is 0. The molecule has 0 saturated carbocycles. The molecule has 3 aliphatic heterocycles. The van der Waals surface area contributed by atoms with E-state index in [9.17, 15) is 14.0 Å². The van der Waals surface area contributed by atoms with E-state index < -0.39 is 23.0 Å². The van der Waals surface area contributed by atoms with Crippen molar-refractivity contribution >= 4 is 11.9 Å². The van der Waals surface area contributed by atoms with Crippen LogP contribution in [-0.2, 0) is 15.1 Å². The van der Waals surface area contributed by atoms with E-state index in [4.69, 9.17) is 9.47 Å². The van der Waals surface area contributed by atoms with Crippen LogP contribution in [0.4, 0.5) is 9.18 Å². The minimum Gasteiger partial charge on any atom is -0.487 e. The zero-order valence-corrected chi connectivity index (χ0v) is 16.3. The zero-order valence-electron chi connectivity index (χ0n) is 16.3. The Hall–Kier alpha value is -2.19. The maximum atomic E-state index is 13.9. The summed E-state index contributed by atoms with van der Waals surface area (Å²) in [4.78, 5) is 29.6. The highest BCUT2D eigenvalue weighted by atomic mass is 19.1. The number of morpholine rings is 1. The Balaban J connectivity index is 1.54. The fourth-order valence-corrected chi connectivity index (χ4v) is 4.40. The summed E-state index contributed by atoms with van der Waals surface area (Å²) in [6.45, 7) is 8.00. The number of urea groups is 1. The lowest BCUT2D eigenvalue weighted by atomic mass is 9.77. The monoisotopic (exact) mass is 391 g/mol. The van der Waals surface area contributed by atoms with E-state index in [0.717, 1.165) is 19.6 Å². The molecular weight excluding hydrogens is 365 g/mol. The molecule has 1 atom stereocenters. The first-order valence-corrected chi connectivity index (χ1v) is 9.74. The van der Waals surface area contributed by atoms with Crippen molar-refractivity contribution < 1.29 is 23.5 Å². The van der Waals surface area contributed by atoms with Crippen LogP contribution in [0.25, 0.3) is 0 Å². The molecular formula is C20H26FN3O4. The van der Waals surface area contributed by atoms with Crippen molar-refractivity contribution in [3.63, 3.8) is 0 Å². The number of nitrogens with zero attached hydrogens (tertiary/aromatic N) is 2. The molecule has 0 aliphatic carbocycles. The molecule has 0 aromatic heterocycles. The summed E-state index contributed by atoms with van der Waals surface area (Å²) in [7, 11) is 0. The molecule has 3 aliphatic rings. The molecule has 7 nitrogen and oxygen atoms in total. The Bertz CT molecular complexity index is 794. The van der Waals surface area contributed by atoms with Crippen LogP contribution in [0.15, 0.2) is 18.2 Å². The number of hydrogen-bond donors (Lipinski definition) is 1. The molecule has 28 heavy (non-hydrogen) atoms. The molecule has 2 fully saturated rings. The van der Waals surface area contributed by atoms with E-state index in [1.54, 1.807) is 0 Å². The van der Waals surface area contributed by atoms with E-state index in [1.165, 1.54) is 23.1 Å². The molecule has 1 N–H and O–H groups in total. The average Bonchev–Trinajstić information content (AvgIpc) is 2.87. The lowest BCUT2D eigenvalue weighted by molar-refractivity contribution is -0.134. The molecule has 152 valence electrons. The highest BCUT2D eigenvalue weighted by molar-refractivity contribution is 6.08. The van der Waals surface area contributed by atoms with Crippen molar-refractivity contribution in [3.05, 3.63) is 29.6 Å². The predicted molar refractivity (Wildman–Crippen MR) is 99.5 cm³/mol. The van der Waals surface area contributed by atoms with Gasteiger partial charge in [-0.25, -0.2) is 9.18 Å². The van der Waals surface area contributed by atoms with E-state index in [1.807, 2.05) is 13.8 Å². The highest BCUT2D eigenvalue weighted by Gasteiger charge is 2.58. The fraction of sp³-hybridized carbons (Fsp3) is 0.600. The first kappa shape index (κ1) is 19.1. The number of carbonyl (C=O) groups excluding carboxylic acids is 2. The normalized spacial score (nSPS) is 26.9. The molecule has 2 saturated heterocycles. The van der Waals surface area contributed by atoms with Gasteiger partial charge in [-0.3, -0.25) is 14.6 Å². The number of nitrogens with one attached hydrogen (secondary N) is 1. The van der Waals surface area contributed by atoms with Crippen LogP contribution in [-0.4, -0.2) is 66.7 Å². The lowest BCUT2D eigenvalue weighted by Crippen LogP contribution is -2.53. The molecule has 1 unspecified atom stereocenters. The first-order valence-electron chi connectivity index (χ1n) is 9.74. The van der Waals surface area contributed by atoms with Gasteiger partial charge in [0.15, 0.2) is 5.54 Å². The molecule has 3 heterocycles. The Morgan fingerprint density at radius 2 is 1.93 bits per heavy atom. The van der Waals surface area contributed by atoms with Crippen molar-refractivity contribution in [1.82, 2.24) is 15.1 Å². The Labute approximate surface area is 163 Å². The van der Waals surface area contributed by atoms with Crippen molar-refractivity contribution in [2.75, 3.05) is 39.4 Å². The largest absolute Gasteiger partial charge is 0.487 e. The molecule has 3 amide bonds. The van der Waals surface area contributed by atoms with Gasteiger partial charge in [0.25, 0.3) is 5.91 Å². The number of benzene rings is 1. The average molecular weight is 391 g/mol. The van der Waals surface area contributed by atoms with Gasteiger partial charge in [0.05, 0.1) is 13.2 Å². The van der Waals surface area contributed by atoms with Crippen molar-refractivity contribution in [1.29, 1.82) is 0 Å². The van der Waals surface area contributed by atoms with Gasteiger partial charge in [0, 0.05) is 38.2 Å². The molecule has 1 aromatic rings. The number of imide groups is 1. The van der Waals surface area contributed by atoms with E-state index in [-0.39, 0.29) is 12.3 Å². The number of fused-ring (bicyclic) bond motifs is 2. The standard InChI is InChI=1S/C20H26FN3O4/c1-19(2)13-20(15-12-14(21)4-5-16(15)28-19)17(25)24(18(26)22-20)7-3-6-23-8-10-27-11-9-23/h4-5,12H,3,6-11,13H2,1-2H3,(H,22,26). The maximum Gasteiger partial charge on any atom is 0.325 e. The summed E-state index contributed by atoms with van der Waals surface area (Å²) in [6, 6.07) is 3.68. The third-order valence-electron chi connectivity index (χ3n) is 5.61. The van der Waals surface area contributed by atoms with Gasteiger partial charge in [-0.05, 0) is 38.5 Å². The second kappa shape index (κ2) is 7.00. The zero-order chi connectivity index (χ0) is 19.9. The van der Waals surface area contributed by atoms with Crippen LogP contribution in [0, 0.1) is 5.82 Å². The van der Waals surface area contributed by atoms with Gasteiger partial charge >= 0.3 is 6.03 Å². The summed E-state index contributed by atoms with van der Waals surface area (Å²) in [5, 5.41) is 2.85. The Kier molecular flexibility index (Phi) is 4.79. The number of ether oxygens (including phenoxy) is 2. The van der Waals surface area contributed by atoms with Crippen LogP contribution in [0.1, 0.15) is 32.3 Å². The molecule has 0 radical (unpaired) electrons. The van der Waals surface area contributed by atoms with Gasteiger partial charge in [0.2, 0.25) is 0 Å². The van der Waals surface area contributed by atoms with Crippen molar-refractivity contribution in [2.24, 2.45) is 0 Å². The van der Waals surface area contributed by atoms with Crippen LogP contribution in [0.5, 0.6) is 5.75 Å². The molecule has 1 spiro atoms. The molecule has 0 bridgehead atoms. The van der Waals surface area contributed by atoms with Crippen molar-refractivity contribution in [2.45, 2.75) is 37.8 Å². The fourth-order valence-electron chi connectivity index (χ4n) is 4.40. The van der Waals surface area contributed by atoms with Crippen LogP contribution >= 0.6 is 0 Å². The van der Waals surface area contributed by atoms with Crippen LogP contribution in [0.3, 0.4) is 0 Å². The summed E-state index contributed by atoms with van der Waals surface area (Å²) in [5.74, 6) is -0.363. The van der Waals surface area contributed by atoms with E-state index in [2.05, 4.69) is 10.2 Å². The highest BCUT2D eigenvalue weighted by Crippen LogP contribution is 2.46. The smallest absolute Gasteiger partial charge is 0.325 e. The predicted octanol–water partition coefficient (Wildman–Crippen LogP) is 1.86. The minimum atomic E-state index is -1.28. The number of carbonyl (C=O) groups is 2. The SMILES string of the molecule is CC1(C)CC2(NC(=O)N(CCCN3CCOCC3)C2=O)c2cc(F)ccc2O1. The Morgan fingerprint density at radius 3 is 2.68 bits per heavy atom. The lowest BCUT2D eigenvalue weighted by Gasteiger charge is -2.42. The third kappa shape index (κ3) is 3.35. The minimum absolute atomic E-state index is 0.251. The first-order chi connectivity index (χ1) is 13.3. The van der Waals surface area contributed by atoms with Gasteiger partial charge in [-0.1, -0.05) is 0 Å². The van der Waals surface area contributed by atoms with Crippen LogP contribution < -0.4 is 10.1 Å². The van der Waals surface area contributed by atoms with Gasteiger partial charge in [0.1, 0.15) is 17.2 Å². The van der Waals surface area contributed by atoms with E-state index >= 15 is 0 Å². The maximum absolute atomic E-state index is 13.9. The molecule has 8 heteroatoms. The summed E-state index contributed by atoms with van der Waals surface area (Å²) in [6.07, 6.45) is 0.937. The van der Waals surface area contributed by atoms with Crippen LogP contribution in [0.2, 0.25) is 0 Å². The van der Waals surface area contributed by atoms with Crippen molar-refractivity contribution in [3.8, 4) is 5.75 Å². The van der Waals surface area contributed by atoms with Gasteiger partial charge in [-0.15, -0.1) is 0 Å². The second-order valence-electron chi connectivity index (χ2n) is 8.28. The topological polar surface area (TPSA) is 71.1 Å². The number of hydrogen-bond acceptors (Lipinski definition) is 5. The van der Waals surface area contributed by atoms with E-state index in [0.29, 0.717) is 37.5 Å². The number of halogens is 1. The summed E-state index contributed by atoms with van der Waals surface area (Å²) < 4.78 is 25.2. The molecule has 1 aromatic carbocycles. The number of rotatable bonds is 4. The quantitative estimate of drug-likeness (QED) is 0.794.